The monoisotopic (exact) mass is 478 g/mol. The molecule has 0 aliphatic carbocycles. The Bertz CT molecular complexity index is 1320. The fourth-order valence-electron chi connectivity index (χ4n) is 3.88. The van der Waals surface area contributed by atoms with Crippen LogP contribution in [0.4, 0.5) is 11.4 Å². The Labute approximate surface area is 199 Å². The zero-order valence-corrected chi connectivity index (χ0v) is 20.1. The number of esters is 1. The molecule has 0 N–H and O–H groups in total. The second-order valence-corrected chi connectivity index (χ2v) is 10.2. The number of ether oxygens (including phenoxy) is 1. The van der Waals surface area contributed by atoms with Gasteiger partial charge >= 0.3 is 5.97 Å². The third-order valence-corrected chi connectivity index (χ3v) is 7.73. The lowest BCUT2D eigenvalue weighted by Crippen LogP contribution is -2.39. The molecule has 8 heteroatoms. The lowest BCUT2D eigenvalue weighted by Gasteiger charge is -2.22. The van der Waals surface area contributed by atoms with Gasteiger partial charge in [0, 0.05) is 19.3 Å². The van der Waals surface area contributed by atoms with Crippen molar-refractivity contribution in [2.45, 2.75) is 31.3 Å². The number of fused-ring (bicyclic) bond motifs is 1. The van der Waals surface area contributed by atoms with Crippen molar-refractivity contribution < 1.29 is 22.7 Å². The molecule has 1 aliphatic heterocycles. The number of hydrogen-bond acceptors (Lipinski definition) is 5. The van der Waals surface area contributed by atoms with Gasteiger partial charge in [0.2, 0.25) is 0 Å². The van der Waals surface area contributed by atoms with Gasteiger partial charge in [-0.1, -0.05) is 35.9 Å². The molecule has 1 amide bonds. The largest absolute Gasteiger partial charge is 0.449 e. The highest BCUT2D eigenvalue weighted by Crippen LogP contribution is 2.28. The van der Waals surface area contributed by atoms with Crippen LogP contribution in [0.5, 0.6) is 0 Å². The van der Waals surface area contributed by atoms with Crippen LogP contribution in [0, 0.1) is 6.92 Å². The Morgan fingerprint density at radius 1 is 0.971 bits per heavy atom. The molecule has 0 aromatic heterocycles. The number of carbonyl (C=O) groups excluding carboxylic acids is 2. The Morgan fingerprint density at radius 3 is 2.29 bits per heavy atom. The molecule has 4 rings (SSSR count). The number of hydrogen-bond donors (Lipinski definition) is 0. The topological polar surface area (TPSA) is 84.0 Å². The van der Waals surface area contributed by atoms with E-state index in [2.05, 4.69) is 0 Å². The van der Waals surface area contributed by atoms with Gasteiger partial charge in [-0.15, -0.1) is 0 Å². The van der Waals surface area contributed by atoms with E-state index in [1.54, 1.807) is 36.1 Å². The summed E-state index contributed by atoms with van der Waals surface area (Å²) in [6, 6.07) is 20.3. The number of anilines is 2. The third-order valence-electron chi connectivity index (χ3n) is 5.93. The van der Waals surface area contributed by atoms with E-state index in [1.807, 2.05) is 31.2 Å². The molecule has 176 valence electrons. The van der Waals surface area contributed by atoms with Crippen molar-refractivity contribution in [3.05, 3.63) is 89.5 Å². The van der Waals surface area contributed by atoms with Crippen LogP contribution in [0.25, 0.3) is 0 Å². The van der Waals surface area contributed by atoms with Gasteiger partial charge in [-0.05, 0) is 68.3 Å². The van der Waals surface area contributed by atoms with Crippen LogP contribution in [0.1, 0.15) is 28.4 Å². The first-order valence-corrected chi connectivity index (χ1v) is 12.4. The minimum absolute atomic E-state index is 0.180. The smallest absolute Gasteiger partial charge is 0.338 e. The summed E-state index contributed by atoms with van der Waals surface area (Å²) >= 11 is 0. The summed E-state index contributed by atoms with van der Waals surface area (Å²) in [5, 5.41) is 0. The minimum Gasteiger partial charge on any atom is -0.449 e. The average Bonchev–Trinajstić information content (AvgIpc) is 3.27. The van der Waals surface area contributed by atoms with Crippen molar-refractivity contribution in [2.75, 3.05) is 22.8 Å². The number of nitrogens with zero attached hydrogens (tertiary/aromatic N) is 2. The summed E-state index contributed by atoms with van der Waals surface area (Å²) < 4.78 is 32.3. The molecule has 0 radical (unpaired) electrons. The van der Waals surface area contributed by atoms with Crippen LogP contribution >= 0.6 is 0 Å². The first-order valence-electron chi connectivity index (χ1n) is 10.9. The molecule has 1 heterocycles. The standard InChI is InChI=1S/C26H26N2O5S/c1-18-8-14-23(15-9-18)34(31,32)27(3)22-12-10-21(11-13-22)26(30)33-19(2)25(29)28-17-16-20-6-4-5-7-24(20)28/h4-15,19H,16-17H2,1-3H3. The number of amides is 1. The molecule has 0 bridgehead atoms. The van der Waals surface area contributed by atoms with E-state index >= 15 is 0 Å². The van der Waals surface area contributed by atoms with Crippen molar-refractivity contribution >= 4 is 33.3 Å². The Morgan fingerprint density at radius 2 is 1.62 bits per heavy atom. The van der Waals surface area contributed by atoms with Crippen LogP contribution in [0.15, 0.2) is 77.7 Å². The molecule has 0 saturated heterocycles. The van der Waals surface area contributed by atoms with E-state index in [9.17, 15) is 18.0 Å². The van der Waals surface area contributed by atoms with Crippen LogP contribution < -0.4 is 9.21 Å². The fourth-order valence-corrected chi connectivity index (χ4v) is 5.08. The zero-order chi connectivity index (χ0) is 24.5. The maximum atomic E-state index is 12.9. The van der Waals surface area contributed by atoms with Gasteiger partial charge in [0.1, 0.15) is 0 Å². The van der Waals surface area contributed by atoms with E-state index in [0.29, 0.717) is 12.2 Å². The van der Waals surface area contributed by atoms with Gasteiger partial charge in [-0.25, -0.2) is 13.2 Å². The summed E-state index contributed by atoms with van der Waals surface area (Å²) in [6.45, 7) is 3.99. The molecule has 0 saturated carbocycles. The van der Waals surface area contributed by atoms with Crippen molar-refractivity contribution in [2.24, 2.45) is 0 Å². The zero-order valence-electron chi connectivity index (χ0n) is 19.3. The molecular weight excluding hydrogens is 452 g/mol. The van der Waals surface area contributed by atoms with Gasteiger partial charge in [0.05, 0.1) is 16.1 Å². The van der Waals surface area contributed by atoms with Crippen molar-refractivity contribution in [1.82, 2.24) is 0 Å². The molecule has 1 aliphatic rings. The van der Waals surface area contributed by atoms with E-state index in [4.69, 9.17) is 4.74 Å². The molecule has 7 nitrogen and oxygen atoms in total. The van der Waals surface area contributed by atoms with Crippen molar-refractivity contribution in [3.8, 4) is 0 Å². The summed E-state index contributed by atoms with van der Waals surface area (Å²) in [7, 11) is -2.28. The summed E-state index contributed by atoms with van der Waals surface area (Å²) in [4.78, 5) is 27.3. The lowest BCUT2D eigenvalue weighted by atomic mass is 10.2. The van der Waals surface area contributed by atoms with E-state index in [1.165, 1.54) is 31.3 Å². The molecular formula is C26H26N2O5S. The summed E-state index contributed by atoms with van der Waals surface area (Å²) in [5.74, 6) is -0.928. The van der Waals surface area contributed by atoms with E-state index < -0.39 is 22.1 Å². The van der Waals surface area contributed by atoms with Gasteiger partial charge in [0.25, 0.3) is 15.9 Å². The Kier molecular flexibility index (Phi) is 6.43. The maximum absolute atomic E-state index is 12.9. The van der Waals surface area contributed by atoms with E-state index in [-0.39, 0.29) is 16.4 Å². The molecule has 3 aromatic carbocycles. The second-order valence-electron chi connectivity index (χ2n) is 8.25. The first kappa shape index (κ1) is 23.5. The van der Waals surface area contributed by atoms with Crippen LogP contribution in [-0.2, 0) is 26.0 Å². The maximum Gasteiger partial charge on any atom is 0.338 e. The number of para-hydroxylation sites is 1. The molecule has 1 unspecified atom stereocenters. The SMILES string of the molecule is Cc1ccc(S(=O)(=O)N(C)c2ccc(C(=O)OC(C)C(=O)N3CCc4ccccc43)cc2)cc1. The predicted molar refractivity (Wildman–Crippen MR) is 131 cm³/mol. The number of sulfonamides is 1. The van der Waals surface area contributed by atoms with Gasteiger partial charge in [-0.3, -0.25) is 9.10 Å². The van der Waals surface area contributed by atoms with E-state index in [0.717, 1.165) is 27.5 Å². The average molecular weight is 479 g/mol. The number of carbonyl (C=O) groups is 2. The molecule has 34 heavy (non-hydrogen) atoms. The summed E-state index contributed by atoms with van der Waals surface area (Å²) in [6.07, 6.45) is -0.189. The molecule has 0 spiro atoms. The first-order chi connectivity index (χ1) is 16.2. The minimum atomic E-state index is -3.74. The number of aryl methyl sites for hydroxylation is 1. The Hall–Kier alpha value is -3.65. The Balaban J connectivity index is 1.43. The fraction of sp³-hybridized carbons (Fsp3) is 0.231. The third kappa shape index (κ3) is 4.54. The number of benzene rings is 3. The van der Waals surface area contributed by atoms with Crippen LogP contribution in [-0.4, -0.2) is 40.0 Å². The molecule has 0 fully saturated rings. The lowest BCUT2D eigenvalue weighted by molar-refractivity contribution is -0.126. The van der Waals surface area contributed by atoms with Crippen LogP contribution in [0.2, 0.25) is 0 Å². The normalized spacial score (nSPS) is 13.8. The van der Waals surface area contributed by atoms with Gasteiger partial charge < -0.3 is 9.64 Å². The predicted octanol–water partition coefficient (Wildman–Crippen LogP) is 3.95. The highest BCUT2D eigenvalue weighted by atomic mass is 32.2. The highest BCUT2D eigenvalue weighted by Gasteiger charge is 2.30. The molecule has 1 atom stereocenters. The van der Waals surface area contributed by atoms with Gasteiger partial charge in [0.15, 0.2) is 6.10 Å². The van der Waals surface area contributed by atoms with Crippen molar-refractivity contribution in [1.29, 1.82) is 0 Å². The molecule has 3 aromatic rings. The van der Waals surface area contributed by atoms with Crippen molar-refractivity contribution in [3.63, 3.8) is 0 Å². The quantitative estimate of drug-likeness (QED) is 0.501. The number of rotatable bonds is 6. The summed E-state index contributed by atoms with van der Waals surface area (Å²) in [5.41, 5.74) is 3.53. The van der Waals surface area contributed by atoms with Crippen LogP contribution in [0.3, 0.4) is 0 Å². The van der Waals surface area contributed by atoms with Gasteiger partial charge in [-0.2, -0.15) is 0 Å². The second kappa shape index (κ2) is 9.30. The highest BCUT2D eigenvalue weighted by molar-refractivity contribution is 7.92.